The topological polar surface area (TPSA) is 110 Å². The largest absolute Gasteiger partial charge is 0.437 e. The molecule has 0 atom stereocenters. The summed E-state index contributed by atoms with van der Waals surface area (Å²) in [4.78, 5) is 30.5. The number of hydrogen-bond donors (Lipinski definition) is 3. The van der Waals surface area contributed by atoms with Crippen LogP contribution in [0.25, 0.3) is 17.1 Å². The lowest BCUT2D eigenvalue weighted by Crippen LogP contribution is -2.10. The predicted molar refractivity (Wildman–Crippen MR) is 96.8 cm³/mol. The second-order valence-corrected chi connectivity index (χ2v) is 5.69. The zero-order valence-electron chi connectivity index (χ0n) is 13.5. The first-order valence-electron chi connectivity index (χ1n) is 7.85. The molecule has 4 N–H and O–H groups in total. The molecule has 0 saturated heterocycles. The molecule has 26 heavy (non-hydrogen) atoms. The Balaban J connectivity index is 1.52. The SMILES string of the molecule is NC(=O)c1ccc(NC2=CC(=O)C(=Cc3c[nH]c4ncccc34)O2)cc1. The minimum atomic E-state index is -0.499. The number of nitrogens with two attached hydrogens (primary N) is 1. The van der Waals surface area contributed by atoms with E-state index >= 15 is 0 Å². The summed E-state index contributed by atoms with van der Waals surface area (Å²) < 4.78 is 5.61. The van der Waals surface area contributed by atoms with E-state index in [2.05, 4.69) is 15.3 Å². The van der Waals surface area contributed by atoms with Crippen LogP contribution in [0.4, 0.5) is 5.69 Å². The molecule has 1 amide bonds. The number of rotatable bonds is 4. The third-order valence-electron chi connectivity index (χ3n) is 3.93. The summed E-state index contributed by atoms with van der Waals surface area (Å²) >= 11 is 0. The molecule has 3 heterocycles. The van der Waals surface area contributed by atoms with Gasteiger partial charge in [0, 0.05) is 34.6 Å². The van der Waals surface area contributed by atoms with Crippen LogP contribution in [-0.4, -0.2) is 21.7 Å². The molecule has 7 heteroatoms. The van der Waals surface area contributed by atoms with Crippen LogP contribution >= 0.6 is 0 Å². The number of aromatic amines is 1. The third-order valence-corrected chi connectivity index (χ3v) is 3.93. The second-order valence-electron chi connectivity index (χ2n) is 5.69. The molecule has 7 nitrogen and oxygen atoms in total. The zero-order valence-corrected chi connectivity index (χ0v) is 13.5. The molecule has 0 saturated carbocycles. The first-order chi connectivity index (χ1) is 12.6. The maximum absolute atomic E-state index is 12.2. The summed E-state index contributed by atoms with van der Waals surface area (Å²) in [6, 6.07) is 10.3. The molecule has 0 spiro atoms. The Morgan fingerprint density at radius 1 is 1.23 bits per heavy atom. The Labute approximate surface area is 148 Å². The van der Waals surface area contributed by atoms with Gasteiger partial charge in [-0.2, -0.15) is 0 Å². The number of hydrogen-bond acceptors (Lipinski definition) is 5. The Hall–Kier alpha value is -3.87. The van der Waals surface area contributed by atoms with Crippen molar-refractivity contribution in [1.82, 2.24) is 9.97 Å². The molecule has 128 valence electrons. The van der Waals surface area contributed by atoms with Gasteiger partial charge in [0.1, 0.15) is 5.65 Å². The highest BCUT2D eigenvalue weighted by Gasteiger charge is 2.21. The molecule has 0 aliphatic carbocycles. The van der Waals surface area contributed by atoms with Crippen molar-refractivity contribution in [3.8, 4) is 0 Å². The summed E-state index contributed by atoms with van der Waals surface area (Å²) in [5.74, 6) is -0.210. The van der Waals surface area contributed by atoms with Crippen molar-refractivity contribution in [1.29, 1.82) is 0 Å². The zero-order chi connectivity index (χ0) is 18.1. The summed E-state index contributed by atoms with van der Waals surface area (Å²) in [7, 11) is 0. The number of H-pyrrole nitrogens is 1. The number of benzene rings is 1. The van der Waals surface area contributed by atoms with Crippen LogP contribution in [0.2, 0.25) is 0 Å². The number of carbonyl (C=O) groups is 2. The van der Waals surface area contributed by atoms with Gasteiger partial charge >= 0.3 is 0 Å². The van der Waals surface area contributed by atoms with Crippen molar-refractivity contribution in [2.75, 3.05) is 5.32 Å². The van der Waals surface area contributed by atoms with Gasteiger partial charge in [0.15, 0.2) is 5.76 Å². The molecule has 2 aromatic heterocycles. The van der Waals surface area contributed by atoms with Gasteiger partial charge in [-0.15, -0.1) is 0 Å². The molecule has 0 fully saturated rings. The molecule has 0 unspecified atom stereocenters. The van der Waals surface area contributed by atoms with E-state index in [1.54, 1.807) is 42.7 Å². The van der Waals surface area contributed by atoms with Crippen LogP contribution in [-0.2, 0) is 9.53 Å². The van der Waals surface area contributed by atoms with E-state index in [1.165, 1.54) is 6.08 Å². The second kappa shape index (κ2) is 6.21. The van der Waals surface area contributed by atoms with Crippen molar-refractivity contribution >= 4 is 34.5 Å². The van der Waals surface area contributed by atoms with E-state index < -0.39 is 5.91 Å². The molecule has 3 aromatic rings. The summed E-state index contributed by atoms with van der Waals surface area (Å²) in [6.07, 6.45) is 6.51. The maximum atomic E-state index is 12.2. The lowest BCUT2D eigenvalue weighted by atomic mass is 10.2. The number of fused-ring (bicyclic) bond motifs is 1. The number of nitrogens with one attached hydrogen (secondary N) is 2. The van der Waals surface area contributed by atoms with Crippen LogP contribution in [0.1, 0.15) is 15.9 Å². The van der Waals surface area contributed by atoms with E-state index in [4.69, 9.17) is 10.5 Å². The van der Waals surface area contributed by atoms with Crippen molar-refractivity contribution in [2.45, 2.75) is 0 Å². The Bertz CT molecular complexity index is 1080. The van der Waals surface area contributed by atoms with Gasteiger partial charge in [-0.25, -0.2) is 4.98 Å². The van der Waals surface area contributed by atoms with Crippen LogP contribution < -0.4 is 11.1 Å². The molecular weight excluding hydrogens is 332 g/mol. The van der Waals surface area contributed by atoms with E-state index in [9.17, 15) is 9.59 Å². The Kier molecular flexibility index (Phi) is 3.74. The predicted octanol–water partition coefficient (Wildman–Crippen LogP) is 2.56. The lowest BCUT2D eigenvalue weighted by molar-refractivity contribution is -0.112. The molecule has 1 aromatic carbocycles. The van der Waals surface area contributed by atoms with Crippen molar-refractivity contribution in [2.24, 2.45) is 5.73 Å². The fraction of sp³-hybridized carbons (Fsp3) is 0. The minimum absolute atomic E-state index is 0.214. The van der Waals surface area contributed by atoms with Gasteiger partial charge in [0.05, 0.1) is 6.08 Å². The van der Waals surface area contributed by atoms with Gasteiger partial charge in [0.2, 0.25) is 17.6 Å². The van der Waals surface area contributed by atoms with Crippen LogP contribution in [0.5, 0.6) is 0 Å². The standard InChI is InChI=1S/C19H14N4O3/c20-18(25)11-3-5-13(6-4-11)23-17-9-15(24)16(26-17)8-12-10-22-19-14(12)2-1-7-21-19/h1-10,23H,(H2,20,25)(H,21,22). The fourth-order valence-electron chi connectivity index (χ4n) is 2.65. The maximum Gasteiger partial charge on any atom is 0.248 e. The quantitative estimate of drug-likeness (QED) is 0.629. The van der Waals surface area contributed by atoms with Gasteiger partial charge in [-0.1, -0.05) is 0 Å². The highest BCUT2D eigenvalue weighted by atomic mass is 16.5. The van der Waals surface area contributed by atoms with Crippen molar-refractivity contribution < 1.29 is 14.3 Å². The number of pyridine rings is 1. The van der Waals surface area contributed by atoms with Gasteiger partial charge in [-0.3, -0.25) is 9.59 Å². The number of aromatic nitrogens is 2. The fourth-order valence-corrected chi connectivity index (χ4v) is 2.65. The molecular formula is C19H14N4O3. The van der Waals surface area contributed by atoms with Crippen molar-refractivity contribution in [3.05, 3.63) is 77.6 Å². The number of ether oxygens (including phenoxy) is 1. The normalized spacial score (nSPS) is 15.2. The number of allylic oxidation sites excluding steroid dienone is 1. The van der Waals surface area contributed by atoms with Crippen molar-refractivity contribution in [3.63, 3.8) is 0 Å². The summed E-state index contributed by atoms with van der Waals surface area (Å²) in [5.41, 5.74) is 7.85. The average molecular weight is 346 g/mol. The number of nitrogens with zero attached hydrogens (tertiary/aromatic N) is 1. The number of amides is 1. The number of ketones is 1. The van der Waals surface area contributed by atoms with E-state index in [1.807, 2.05) is 12.1 Å². The highest BCUT2D eigenvalue weighted by Crippen LogP contribution is 2.25. The third kappa shape index (κ3) is 2.93. The lowest BCUT2D eigenvalue weighted by Gasteiger charge is -2.08. The van der Waals surface area contributed by atoms with Gasteiger partial charge in [0.25, 0.3) is 0 Å². The molecule has 4 rings (SSSR count). The van der Waals surface area contributed by atoms with Crippen LogP contribution in [0.3, 0.4) is 0 Å². The smallest absolute Gasteiger partial charge is 0.248 e. The average Bonchev–Trinajstić information content (AvgIpc) is 3.20. The van der Waals surface area contributed by atoms with E-state index in [0.717, 1.165) is 16.6 Å². The van der Waals surface area contributed by atoms with E-state index in [-0.39, 0.29) is 11.5 Å². The molecule has 1 aliphatic rings. The molecule has 1 aliphatic heterocycles. The number of anilines is 1. The number of carbonyl (C=O) groups excluding carboxylic acids is 2. The molecule has 0 bridgehead atoms. The monoisotopic (exact) mass is 346 g/mol. The van der Waals surface area contributed by atoms with E-state index in [0.29, 0.717) is 17.1 Å². The van der Waals surface area contributed by atoms with Gasteiger partial charge < -0.3 is 20.8 Å². The Morgan fingerprint density at radius 3 is 2.81 bits per heavy atom. The van der Waals surface area contributed by atoms with Crippen LogP contribution in [0, 0.1) is 0 Å². The minimum Gasteiger partial charge on any atom is -0.437 e. The first kappa shape index (κ1) is 15.6. The summed E-state index contributed by atoms with van der Waals surface area (Å²) in [6.45, 7) is 0. The van der Waals surface area contributed by atoms with Gasteiger partial charge in [-0.05, 0) is 42.5 Å². The first-order valence-corrected chi connectivity index (χ1v) is 7.85. The molecule has 0 radical (unpaired) electrons. The highest BCUT2D eigenvalue weighted by molar-refractivity contribution is 6.09. The Morgan fingerprint density at radius 2 is 2.04 bits per heavy atom. The summed E-state index contributed by atoms with van der Waals surface area (Å²) in [5, 5.41) is 3.89. The number of primary amides is 1. The van der Waals surface area contributed by atoms with Crippen LogP contribution in [0.15, 0.2) is 66.5 Å².